The number of carbonyl (C=O) groups excluding carboxylic acids is 1. The summed E-state index contributed by atoms with van der Waals surface area (Å²) in [6.45, 7) is 1.92. The molecule has 0 spiro atoms. The van der Waals surface area contributed by atoms with Crippen molar-refractivity contribution >= 4 is 17.5 Å². The first-order valence-corrected chi connectivity index (χ1v) is 6.67. The van der Waals surface area contributed by atoms with Crippen LogP contribution in [-0.2, 0) is 4.79 Å². The largest absolute Gasteiger partial charge is 0.342 e. The molecule has 2 aliphatic rings. The third-order valence-corrected chi connectivity index (χ3v) is 4.06. The first-order valence-electron chi connectivity index (χ1n) is 6.13. The molecule has 3 heteroatoms. The Morgan fingerprint density at radius 1 is 1.27 bits per heavy atom. The summed E-state index contributed by atoms with van der Waals surface area (Å²) in [6.07, 6.45) is 6.88. The van der Waals surface area contributed by atoms with Crippen molar-refractivity contribution < 1.29 is 4.79 Å². The van der Waals surface area contributed by atoms with E-state index in [9.17, 15) is 4.79 Å². The normalized spacial score (nSPS) is 26.7. The monoisotopic (exact) mass is 229 g/mol. The van der Waals surface area contributed by atoms with E-state index in [0.29, 0.717) is 17.7 Å². The molecule has 0 bridgehead atoms. The molecular formula is C12H20ClNO. The second-order valence-corrected chi connectivity index (χ2v) is 5.35. The summed E-state index contributed by atoms with van der Waals surface area (Å²) in [4.78, 5) is 13.9. The molecule has 0 aromatic rings. The highest BCUT2D eigenvalue weighted by atomic mass is 35.5. The molecule has 2 nitrogen and oxygen atoms in total. The quantitative estimate of drug-likeness (QED) is 0.679. The van der Waals surface area contributed by atoms with Gasteiger partial charge in [0.15, 0.2) is 0 Å². The number of amides is 1. The SMILES string of the molecule is O=C(CC1CCC1)N1CCC(CCCl)C1. The third-order valence-electron chi connectivity index (χ3n) is 3.84. The molecule has 1 saturated carbocycles. The number of alkyl halides is 1. The van der Waals surface area contributed by atoms with Crippen LogP contribution in [0.3, 0.4) is 0 Å². The second kappa shape index (κ2) is 5.20. The Kier molecular flexibility index (Phi) is 3.90. The van der Waals surface area contributed by atoms with E-state index in [2.05, 4.69) is 4.90 Å². The van der Waals surface area contributed by atoms with Gasteiger partial charge in [0.05, 0.1) is 0 Å². The standard InChI is InChI=1S/C12H20ClNO/c13-6-4-11-5-7-14(9-11)12(15)8-10-2-1-3-10/h10-11H,1-9H2. The number of likely N-dealkylation sites (tertiary alicyclic amines) is 1. The summed E-state index contributed by atoms with van der Waals surface area (Å²) >= 11 is 5.72. The van der Waals surface area contributed by atoms with E-state index in [0.717, 1.165) is 38.2 Å². The fourth-order valence-electron chi connectivity index (χ4n) is 2.52. The van der Waals surface area contributed by atoms with Crippen molar-refractivity contribution in [3.8, 4) is 0 Å². The molecule has 0 aromatic carbocycles. The highest BCUT2D eigenvalue weighted by Gasteiger charge is 2.28. The summed E-state index contributed by atoms with van der Waals surface area (Å²) in [6, 6.07) is 0. The maximum absolute atomic E-state index is 11.9. The minimum atomic E-state index is 0.386. The van der Waals surface area contributed by atoms with Crippen LogP contribution < -0.4 is 0 Å². The summed E-state index contributed by atoms with van der Waals surface area (Å²) in [7, 11) is 0. The van der Waals surface area contributed by atoms with E-state index >= 15 is 0 Å². The molecule has 1 aliphatic carbocycles. The lowest BCUT2D eigenvalue weighted by molar-refractivity contribution is -0.131. The molecule has 0 N–H and O–H groups in total. The Labute approximate surface area is 97.0 Å². The lowest BCUT2D eigenvalue weighted by Gasteiger charge is -2.27. The Balaban J connectivity index is 1.71. The predicted molar refractivity (Wildman–Crippen MR) is 62.0 cm³/mol. The van der Waals surface area contributed by atoms with Crippen LogP contribution in [0, 0.1) is 11.8 Å². The van der Waals surface area contributed by atoms with Gasteiger partial charge < -0.3 is 4.90 Å². The second-order valence-electron chi connectivity index (χ2n) is 4.97. The van der Waals surface area contributed by atoms with Gasteiger partial charge in [0.25, 0.3) is 0 Å². The number of rotatable bonds is 4. The lowest BCUT2D eigenvalue weighted by Crippen LogP contribution is -2.31. The van der Waals surface area contributed by atoms with Crippen molar-refractivity contribution in [3.63, 3.8) is 0 Å². The third kappa shape index (κ3) is 2.87. The molecule has 1 heterocycles. The molecular weight excluding hydrogens is 210 g/mol. The topological polar surface area (TPSA) is 20.3 Å². The molecule has 15 heavy (non-hydrogen) atoms. The van der Waals surface area contributed by atoms with Gasteiger partial charge in [-0.2, -0.15) is 0 Å². The summed E-state index contributed by atoms with van der Waals surface area (Å²) in [5, 5.41) is 0. The maximum Gasteiger partial charge on any atom is 0.222 e. The Morgan fingerprint density at radius 2 is 2.07 bits per heavy atom. The van der Waals surface area contributed by atoms with Crippen molar-refractivity contribution in [2.75, 3.05) is 19.0 Å². The molecule has 86 valence electrons. The Bertz CT molecular complexity index is 228. The average Bonchev–Trinajstić information content (AvgIpc) is 2.60. The Morgan fingerprint density at radius 3 is 2.67 bits per heavy atom. The van der Waals surface area contributed by atoms with Gasteiger partial charge >= 0.3 is 0 Å². The molecule has 2 fully saturated rings. The van der Waals surface area contributed by atoms with Crippen molar-refractivity contribution in [3.05, 3.63) is 0 Å². The summed E-state index contributed by atoms with van der Waals surface area (Å²) in [5.41, 5.74) is 0. The van der Waals surface area contributed by atoms with Crippen molar-refractivity contribution in [1.82, 2.24) is 4.90 Å². The molecule has 0 aromatic heterocycles. The van der Waals surface area contributed by atoms with E-state index in [-0.39, 0.29) is 0 Å². The molecule has 2 rings (SSSR count). The van der Waals surface area contributed by atoms with Gasteiger partial charge in [0, 0.05) is 25.4 Å². The van der Waals surface area contributed by atoms with Crippen LogP contribution in [0.1, 0.15) is 38.5 Å². The Hall–Kier alpha value is -0.240. The van der Waals surface area contributed by atoms with Crippen LogP contribution in [0.4, 0.5) is 0 Å². The zero-order valence-electron chi connectivity index (χ0n) is 9.25. The van der Waals surface area contributed by atoms with E-state index in [1.54, 1.807) is 0 Å². The van der Waals surface area contributed by atoms with Gasteiger partial charge in [-0.1, -0.05) is 6.42 Å². The predicted octanol–water partition coefficient (Wildman–Crippen LogP) is 2.65. The fraction of sp³-hybridized carbons (Fsp3) is 0.917. The molecule has 0 radical (unpaired) electrons. The highest BCUT2D eigenvalue weighted by Crippen LogP contribution is 2.31. The van der Waals surface area contributed by atoms with Crippen LogP contribution in [0.15, 0.2) is 0 Å². The molecule has 1 saturated heterocycles. The van der Waals surface area contributed by atoms with Crippen LogP contribution in [0.5, 0.6) is 0 Å². The lowest BCUT2D eigenvalue weighted by atomic mass is 9.83. The molecule has 1 atom stereocenters. The van der Waals surface area contributed by atoms with Gasteiger partial charge in [-0.3, -0.25) is 4.79 Å². The maximum atomic E-state index is 11.9. The van der Waals surface area contributed by atoms with Gasteiger partial charge in [-0.05, 0) is 37.5 Å². The van der Waals surface area contributed by atoms with Crippen LogP contribution >= 0.6 is 11.6 Å². The average molecular weight is 230 g/mol. The van der Waals surface area contributed by atoms with E-state index < -0.39 is 0 Å². The number of hydrogen-bond donors (Lipinski definition) is 0. The van der Waals surface area contributed by atoms with Crippen LogP contribution in [0.25, 0.3) is 0 Å². The minimum absolute atomic E-state index is 0.386. The zero-order chi connectivity index (χ0) is 10.7. The number of hydrogen-bond acceptors (Lipinski definition) is 1. The smallest absolute Gasteiger partial charge is 0.222 e. The zero-order valence-corrected chi connectivity index (χ0v) is 10.0. The number of halogens is 1. The van der Waals surface area contributed by atoms with Gasteiger partial charge in [0.2, 0.25) is 5.91 Å². The first-order chi connectivity index (χ1) is 7.29. The van der Waals surface area contributed by atoms with Gasteiger partial charge in [-0.25, -0.2) is 0 Å². The molecule has 1 aliphatic heterocycles. The summed E-state index contributed by atoms with van der Waals surface area (Å²) < 4.78 is 0. The number of carbonyl (C=O) groups is 1. The van der Waals surface area contributed by atoms with Crippen molar-refractivity contribution in [2.24, 2.45) is 11.8 Å². The van der Waals surface area contributed by atoms with E-state index in [4.69, 9.17) is 11.6 Å². The fourth-order valence-corrected chi connectivity index (χ4v) is 2.83. The van der Waals surface area contributed by atoms with Gasteiger partial charge in [-0.15, -0.1) is 11.6 Å². The van der Waals surface area contributed by atoms with Crippen molar-refractivity contribution in [2.45, 2.75) is 38.5 Å². The van der Waals surface area contributed by atoms with E-state index in [1.165, 1.54) is 19.3 Å². The minimum Gasteiger partial charge on any atom is -0.342 e. The number of nitrogens with zero attached hydrogens (tertiary/aromatic N) is 1. The van der Waals surface area contributed by atoms with E-state index in [1.807, 2.05) is 0 Å². The summed E-state index contributed by atoms with van der Waals surface area (Å²) in [5.74, 6) is 2.48. The van der Waals surface area contributed by atoms with Gasteiger partial charge in [0.1, 0.15) is 0 Å². The van der Waals surface area contributed by atoms with Crippen LogP contribution in [0.2, 0.25) is 0 Å². The highest BCUT2D eigenvalue weighted by molar-refractivity contribution is 6.17. The van der Waals surface area contributed by atoms with Crippen LogP contribution in [-0.4, -0.2) is 29.8 Å². The first kappa shape index (κ1) is 11.3. The molecule has 1 unspecified atom stereocenters. The van der Waals surface area contributed by atoms with Crippen molar-refractivity contribution in [1.29, 1.82) is 0 Å². The molecule has 1 amide bonds.